The molecule has 2 rings (SSSR count). The fraction of sp³-hybridized carbons (Fsp3) is 0.400. The SMILES string of the molecule is Cc1nn(C)c(C)c1S(=O)(=O)Nc1c(N)cnn1C. The lowest BCUT2D eigenvalue weighted by molar-refractivity contribution is 0.598. The summed E-state index contributed by atoms with van der Waals surface area (Å²) in [6.07, 6.45) is 1.39. The molecule has 0 spiro atoms. The number of nitrogens with one attached hydrogen (secondary N) is 1. The van der Waals surface area contributed by atoms with E-state index in [1.165, 1.54) is 15.6 Å². The second-order valence-electron chi connectivity index (χ2n) is 4.30. The molecule has 0 aliphatic rings. The number of anilines is 2. The molecule has 2 heterocycles. The zero-order chi connectivity index (χ0) is 14.4. The molecule has 0 saturated carbocycles. The molecule has 0 aromatic carbocycles. The molecule has 0 saturated heterocycles. The van der Waals surface area contributed by atoms with E-state index < -0.39 is 10.0 Å². The van der Waals surface area contributed by atoms with Crippen molar-refractivity contribution in [1.29, 1.82) is 0 Å². The highest BCUT2D eigenvalue weighted by atomic mass is 32.2. The molecule has 0 radical (unpaired) electrons. The maximum Gasteiger partial charge on any atom is 0.266 e. The van der Waals surface area contributed by atoms with Gasteiger partial charge in [0.15, 0.2) is 5.82 Å². The zero-order valence-electron chi connectivity index (χ0n) is 11.2. The second kappa shape index (κ2) is 4.26. The summed E-state index contributed by atoms with van der Waals surface area (Å²) >= 11 is 0. The summed E-state index contributed by atoms with van der Waals surface area (Å²) in [6.45, 7) is 3.34. The van der Waals surface area contributed by atoms with E-state index in [1.807, 2.05) is 0 Å². The normalized spacial score (nSPS) is 11.8. The third-order valence-electron chi connectivity index (χ3n) is 2.91. The van der Waals surface area contributed by atoms with Crippen LogP contribution >= 0.6 is 0 Å². The number of rotatable bonds is 3. The molecule has 8 nitrogen and oxygen atoms in total. The molecule has 0 atom stereocenters. The van der Waals surface area contributed by atoms with E-state index in [0.717, 1.165) is 0 Å². The maximum atomic E-state index is 12.4. The van der Waals surface area contributed by atoms with Crippen LogP contribution in [0.25, 0.3) is 0 Å². The molecule has 2 aromatic rings. The van der Waals surface area contributed by atoms with Crippen LogP contribution in [0.1, 0.15) is 11.4 Å². The van der Waals surface area contributed by atoms with E-state index >= 15 is 0 Å². The molecule has 0 fully saturated rings. The van der Waals surface area contributed by atoms with Crippen LogP contribution in [0.15, 0.2) is 11.1 Å². The van der Waals surface area contributed by atoms with Crippen LogP contribution in [-0.2, 0) is 24.1 Å². The predicted molar refractivity (Wildman–Crippen MR) is 71.1 cm³/mol. The van der Waals surface area contributed by atoms with Crippen molar-refractivity contribution in [3.05, 3.63) is 17.6 Å². The average Bonchev–Trinajstić information content (AvgIpc) is 2.73. The lowest BCUT2D eigenvalue weighted by Gasteiger charge is -2.09. The lowest BCUT2D eigenvalue weighted by atomic mass is 10.4. The van der Waals surface area contributed by atoms with Gasteiger partial charge in [0.1, 0.15) is 4.90 Å². The summed E-state index contributed by atoms with van der Waals surface area (Å²) in [5.41, 5.74) is 6.94. The third-order valence-corrected chi connectivity index (χ3v) is 4.50. The molecule has 3 N–H and O–H groups in total. The Labute approximate surface area is 111 Å². The Morgan fingerprint density at radius 2 is 1.89 bits per heavy atom. The molecule has 9 heteroatoms. The van der Waals surface area contributed by atoms with E-state index in [1.54, 1.807) is 27.9 Å². The summed E-state index contributed by atoms with van der Waals surface area (Å²) in [7, 11) is -0.440. The van der Waals surface area contributed by atoms with Crippen LogP contribution in [0.5, 0.6) is 0 Å². The van der Waals surface area contributed by atoms with Crippen molar-refractivity contribution >= 4 is 21.5 Å². The molecular weight excluding hydrogens is 268 g/mol. The first-order valence-corrected chi connectivity index (χ1v) is 7.03. The van der Waals surface area contributed by atoms with Gasteiger partial charge in [-0.25, -0.2) is 8.42 Å². The van der Waals surface area contributed by atoms with Gasteiger partial charge in [-0.05, 0) is 13.8 Å². The monoisotopic (exact) mass is 284 g/mol. The van der Waals surface area contributed by atoms with Crippen LogP contribution in [0, 0.1) is 13.8 Å². The van der Waals surface area contributed by atoms with Crippen molar-refractivity contribution in [3.8, 4) is 0 Å². The molecule has 0 unspecified atom stereocenters. The van der Waals surface area contributed by atoms with Crippen LogP contribution < -0.4 is 10.5 Å². The quantitative estimate of drug-likeness (QED) is 0.834. The Balaban J connectivity index is 2.50. The van der Waals surface area contributed by atoms with Gasteiger partial charge in [-0.3, -0.25) is 14.1 Å². The van der Waals surface area contributed by atoms with Gasteiger partial charge < -0.3 is 5.73 Å². The second-order valence-corrected chi connectivity index (χ2v) is 5.92. The Morgan fingerprint density at radius 3 is 2.32 bits per heavy atom. The van der Waals surface area contributed by atoms with Gasteiger partial charge in [0.25, 0.3) is 10.0 Å². The van der Waals surface area contributed by atoms with Gasteiger partial charge in [0, 0.05) is 14.1 Å². The minimum absolute atomic E-state index is 0.163. The van der Waals surface area contributed by atoms with Crippen molar-refractivity contribution in [2.24, 2.45) is 14.1 Å². The Hall–Kier alpha value is -2.03. The van der Waals surface area contributed by atoms with E-state index in [2.05, 4.69) is 14.9 Å². The van der Waals surface area contributed by atoms with Crippen molar-refractivity contribution < 1.29 is 8.42 Å². The fourth-order valence-corrected chi connectivity index (χ4v) is 3.46. The van der Waals surface area contributed by atoms with Crippen molar-refractivity contribution in [1.82, 2.24) is 19.6 Å². The maximum absolute atomic E-state index is 12.4. The number of hydrogen-bond donors (Lipinski definition) is 2. The molecule has 0 aliphatic heterocycles. The molecule has 0 bridgehead atoms. The number of sulfonamides is 1. The molecular formula is C10H16N6O2S. The topological polar surface area (TPSA) is 108 Å². The minimum atomic E-state index is -3.74. The largest absolute Gasteiger partial charge is 0.394 e. The first-order valence-electron chi connectivity index (χ1n) is 5.54. The summed E-state index contributed by atoms with van der Waals surface area (Å²) in [5, 5.41) is 7.98. The summed E-state index contributed by atoms with van der Waals surface area (Å²) in [6, 6.07) is 0. The molecule has 2 aromatic heterocycles. The van der Waals surface area contributed by atoms with Gasteiger partial charge in [-0.1, -0.05) is 0 Å². The predicted octanol–water partition coefficient (Wildman–Crippen LogP) is 0.153. The van der Waals surface area contributed by atoms with Crippen LogP contribution in [0.2, 0.25) is 0 Å². The number of aryl methyl sites for hydroxylation is 3. The van der Waals surface area contributed by atoms with E-state index in [9.17, 15) is 8.42 Å². The number of nitrogens with two attached hydrogens (primary N) is 1. The van der Waals surface area contributed by atoms with E-state index in [-0.39, 0.29) is 16.4 Å². The lowest BCUT2D eigenvalue weighted by Crippen LogP contribution is -2.17. The summed E-state index contributed by atoms with van der Waals surface area (Å²) < 4.78 is 30.1. The van der Waals surface area contributed by atoms with E-state index in [4.69, 9.17) is 5.73 Å². The Bertz CT molecular complexity index is 708. The standard InChI is InChI=1S/C10H16N6O2S/c1-6-9(7(2)15(3)13-6)19(17,18)14-10-8(11)5-12-16(10)4/h5,14H,11H2,1-4H3. The third kappa shape index (κ3) is 2.16. The van der Waals surface area contributed by atoms with Crippen LogP contribution in [0.4, 0.5) is 11.5 Å². The summed E-state index contributed by atoms with van der Waals surface area (Å²) in [5.74, 6) is 0.239. The molecule has 104 valence electrons. The van der Waals surface area contributed by atoms with Crippen molar-refractivity contribution in [2.45, 2.75) is 18.7 Å². The van der Waals surface area contributed by atoms with Crippen molar-refractivity contribution in [2.75, 3.05) is 10.5 Å². The van der Waals surface area contributed by atoms with Crippen molar-refractivity contribution in [3.63, 3.8) is 0 Å². The van der Waals surface area contributed by atoms with Gasteiger partial charge >= 0.3 is 0 Å². The van der Waals surface area contributed by atoms with Crippen LogP contribution in [0.3, 0.4) is 0 Å². The highest BCUT2D eigenvalue weighted by Gasteiger charge is 2.25. The zero-order valence-corrected chi connectivity index (χ0v) is 12.0. The first-order chi connectivity index (χ1) is 8.74. The average molecular weight is 284 g/mol. The smallest absolute Gasteiger partial charge is 0.266 e. The fourth-order valence-electron chi connectivity index (χ4n) is 1.90. The highest BCUT2D eigenvalue weighted by Crippen LogP contribution is 2.24. The number of nitrogen functional groups attached to an aromatic ring is 1. The van der Waals surface area contributed by atoms with Gasteiger partial charge in [-0.15, -0.1) is 0 Å². The van der Waals surface area contributed by atoms with Crippen LogP contribution in [-0.4, -0.2) is 28.0 Å². The highest BCUT2D eigenvalue weighted by molar-refractivity contribution is 7.92. The minimum Gasteiger partial charge on any atom is -0.394 e. The van der Waals surface area contributed by atoms with Gasteiger partial charge in [-0.2, -0.15) is 10.2 Å². The van der Waals surface area contributed by atoms with E-state index in [0.29, 0.717) is 11.4 Å². The number of nitrogens with zero attached hydrogens (tertiary/aromatic N) is 4. The molecule has 19 heavy (non-hydrogen) atoms. The van der Waals surface area contributed by atoms with Gasteiger partial charge in [0.2, 0.25) is 0 Å². The number of aromatic nitrogens is 4. The number of hydrogen-bond acceptors (Lipinski definition) is 5. The Kier molecular flexibility index (Phi) is 3.01. The Morgan fingerprint density at radius 1 is 1.26 bits per heavy atom. The van der Waals surface area contributed by atoms with Gasteiger partial charge in [0.05, 0.1) is 23.3 Å². The molecule has 0 aliphatic carbocycles. The summed E-state index contributed by atoms with van der Waals surface area (Å²) in [4.78, 5) is 0.163. The first kappa shape index (κ1) is 13.4. The molecule has 0 amide bonds.